The summed E-state index contributed by atoms with van der Waals surface area (Å²) in [4.78, 5) is 8.80. The van der Waals surface area contributed by atoms with Gasteiger partial charge in [-0.05, 0) is 0 Å². The van der Waals surface area contributed by atoms with Crippen LogP contribution in [0.1, 0.15) is 0 Å². The molecule has 0 amide bonds. The van der Waals surface area contributed by atoms with Crippen molar-refractivity contribution in [2.75, 3.05) is 0 Å². The Morgan fingerprint density at radius 1 is 1.42 bits per heavy atom. The zero-order valence-corrected chi connectivity index (χ0v) is 6.52. The Kier molecular flexibility index (Phi) is 2.27. The lowest BCUT2D eigenvalue weighted by Gasteiger charge is -1.96. The van der Waals surface area contributed by atoms with Crippen molar-refractivity contribution in [1.82, 2.24) is 0 Å². The monoisotopic (exact) mass is 191 g/mol. The van der Waals surface area contributed by atoms with Crippen molar-refractivity contribution < 1.29 is 13.7 Å². The quantitative estimate of drug-likeness (QED) is 0.420. The Morgan fingerprint density at radius 2 is 2.00 bits per heavy atom. The number of nitrogens with zero attached hydrogens (tertiary/aromatic N) is 1. The fraction of sp³-hybridized carbons (Fsp3) is 0. The summed E-state index contributed by atoms with van der Waals surface area (Å²) in [5.41, 5.74) is -0.671. The van der Waals surface area contributed by atoms with Gasteiger partial charge in [-0.15, -0.1) is 12.6 Å². The van der Waals surface area contributed by atoms with Crippen LogP contribution in [0.2, 0.25) is 0 Å². The SMILES string of the molecule is O=[N+]([O-])c1cc(F)cc(F)c1S. The second kappa shape index (κ2) is 3.06. The summed E-state index contributed by atoms with van der Waals surface area (Å²) in [6, 6.07) is 1.15. The molecule has 0 atom stereocenters. The molecule has 0 heterocycles. The minimum atomic E-state index is -1.04. The highest BCUT2D eigenvalue weighted by Gasteiger charge is 2.16. The topological polar surface area (TPSA) is 43.1 Å². The number of rotatable bonds is 1. The molecular formula is C6H3F2NO2S. The van der Waals surface area contributed by atoms with Crippen LogP contribution in [0.4, 0.5) is 14.5 Å². The Labute approximate surface area is 71.6 Å². The number of nitro groups is 1. The molecule has 0 aliphatic rings. The number of halogens is 2. The molecule has 0 aliphatic carbocycles. The van der Waals surface area contributed by atoms with Crippen molar-refractivity contribution in [2.24, 2.45) is 0 Å². The number of nitro benzene ring substituents is 1. The average molecular weight is 191 g/mol. The molecule has 3 nitrogen and oxygen atoms in total. The Balaban J connectivity index is 3.37. The minimum absolute atomic E-state index is 0.457. The van der Waals surface area contributed by atoms with E-state index in [9.17, 15) is 18.9 Å². The van der Waals surface area contributed by atoms with Gasteiger partial charge in [-0.3, -0.25) is 10.1 Å². The largest absolute Gasteiger partial charge is 0.288 e. The number of hydrogen-bond donors (Lipinski definition) is 1. The van der Waals surface area contributed by atoms with E-state index in [1.807, 2.05) is 0 Å². The highest BCUT2D eigenvalue weighted by atomic mass is 32.1. The summed E-state index contributed by atoms with van der Waals surface area (Å²) in [6.45, 7) is 0. The first-order valence-corrected chi connectivity index (χ1v) is 3.29. The van der Waals surface area contributed by atoms with Gasteiger partial charge in [0.1, 0.15) is 16.5 Å². The summed E-state index contributed by atoms with van der Waals surface area (Å²) in [6.07, 6.45) is 0. The molecule has 0 aromatic heterocycles. The van der Waals surface area contributed by atoms with Crippen molar-refractivity contribution >= 4 is 18.3 Å². The third kappa shape index (κ3) is 1.53. The summed E-state index contributed by atoms with van der Waals surface area (Å²) >= 11 is 3.51. The molecule has 64 valence electrons. The maximum absolute atomic E-state index is 12.6. The highest BCUT2D eigenvalue weighted by Crippen LogP contribution is 2.25. The molecular weight excluding hydrogens is 188 g/mol. The Morgan fingerprint density at radius 3 is 2.50 bits per heavy atom. The van der Waals surface area contributed by atoms with E-state index in [0.29, 0.717) is 12.1 Å². The van der Waals surface area contributed by atoms with E-state index < -0.39 is 27.1 Å². The maximum Gasteiger partial charge on any atom is 0.288 e. The predicted octanol–water partition coefficient (Wildman–Crippen LogP) is 2.16. The molecule has 12 heavy (non-hydrogen) atoms. The van der Waals surface area contributed by atoms with Gasteiger partial charge >= 0.3 is 0 Å². The smallest absolute Gasteiger partial charge is 0.258 e. The van der Waals surface area contributed by atoms with E-state index in [0.717, 1.165) is 0 Å². The van der Waals surface area contributed by atoms with Crippen molar-refractivity contribution in [2.45, 2.75) is 4.90 Å². The van der Waals surface area contributed by atoms with Gasteiger partial charge in [0.2, 0.25) is 0 Å². The number of hydrogen-bond acceptors (Lipinski definition) is 3. The van der Waals surface area contributed by atoms with Gasteiger partial charge < -0.3 is 0 Å². The van der Waals surface area contributed by atoms with Crippen LogP contribution < -0.4 is 0 Å². The van der Waals surface area contributed by atoms with Gasteiger partial charge in [-0.2, -0.15) is 0 Å². The fourth-order valence-corrected chi connectivity index (χ4v) is 0.902. The fourth-order valence-electron chi connectivity index (χ4n) is 0.692. The van der Waals surface area contributed by atoms with Crippen LogP contribution in [0.15, 0.2) is 17.0 Å². The lowest BCUT2D eigenvalue weighted by molar-refractivity contribution is -0.388. The van der Waals surface area contributed by atoms with E-state index in [-0.39, 0.29) is 0 Å². The Hall–Kier alpha value is -1.17. The van der Waals surface area contributed by atoms with Crippen LogP contribution in [0.3, 0.4) is 0 Å². The van der Waals surface area contributed by atoms with E-state index in [1.54, 1.807) is 0 Å². The van der Waals surface area contributed by atoms with Crippen molar-refractivity contribution in [3.05, 3.63) is 33.9 Å². The van der Waals surface area contributed by atoms with Crippen molar-refractivity contribution in [1.29, 1.82) is 0 Å². The van der Waals surface area contributed by atoms with Crippen molar-refractivity contribution in [3.63, 3.8) is 0 Å². The first kappa shape index (κ1) is 8.92. The molecule has 0 fully saturated rings. The van der Waals surface area contributed by atoms with E-state index in [1.165, 1.54) is 0 Å². The van der Waals surface area contributed by atoms with Gasteiger partial charge in [0.25, 0.3) is 5.69 Å². The van der Waals surface area contributed by atoms with Crippen LogP contribution in [0.5, 0.6) is 0 Å². The van der Waals surface area contributed by atoms with E-state index in [4.69, 9.17) is 0 Å². The summed E-state index contributed by atoms with van der Waals surface area (Å²) in [5.74, 6) is -2.03. The zero-order chi connectivity index (χ0) is 9.30. The third-order valence-corrected chi connectivity index (χ3v) is 1.65. The average Bonchev–Trinajstić information content (AvgIpc) is 1.96. The van der Waals surface area contributed by atoms with Crippen LogP contribution in [-0.2, 0) is 0 Å². The molecule has 6 heteroatoms. The second-order valence-electron chi connectivity index (χ2n) is 2.01. The molecule has 0 saturated heterocycles. The van der Waals surface area contributed by atoms with Gasteiger partial charge in [0.15, 0.2) is 0 Å². The third-order valence-electron chi connectivity index (χ3n) is 1.20. The maximum atomic E-state index is 12.6. The second-order valence-corrected chi connectivity index (χ2v) is 2.46. The lowest BCUT2D eigenvalue weighted by atomic mass is 10.3. The molecule has 0 spiro atoms. The normalized spacial score (nSPS) is 9.92. The van der Waals surface area contributed by atoms with Crippen LogP contribution in [0.25, 0.3) is 0 Å². The predicted molar refractivity (Wildman–Crippen MR) is 40.3 cm³/mol. The molecule has 0 N–H and O–H groups in total. The van der Waals surface area contributed by atoms with Crippen LogP contribution in [-0.4, -0.2) is 4.92 Å². The standard InChI is InChI=1S/C6H3F2NO2S/c7-3-1-4(8)6(12)5(2-3)9(10)11/h1-2,12H. The molecule has 0 bridgehead atoms. The van der Waals surface area contributed by atoms with Gasteiger partial charge in [-0.1, -0.05) is 0 Å². The number of thiol groups is 1. The first-order chi connectivity index (χ1) is 5.52. The highest BCUT2D eigenvalue weighted by molar-refractivity contribution is 7.80. The molecule has 0 unspecified atom stereocenters. The minimum Gasteiger partial charge on any atom is -0.258 e. The van der Waals surface area contributed by atoms with E-state index >= 15 is 0 Å². The molecule has 1 rings (SSSR count). The molecule has 0 saturated carbocycles. The lowest BCUT2D eigenvalue weighted by Crippen LogP contribution is -1.93. The Bertz CT molecular complexity index is 343. The van der Waals surface area contributed by atoms with Gasteiger partial charge in [-0.25, -0.2) is 8.78 Å². The van der Waals surface area contributed by atoms with E-state index in [2.05, 4.69) is 12.6 Å². The molecule has 0 radical (unpaired) electrons. The summed E-state index contributed by atoms with van der Waals surface area (Å²) in [7, 11) is 0. The zero-order valence-electron chi connectivity index (χ0n) is 5.62. The number of benzene rings is 1. The molecule has 0 aliphatic heterocycles. The van der Waals surface area contributed by atoms with Crippen molar-refractivity contribution in [3.8, 4) is 0 Å². The summed E-state index contributed by atoms with van der Waals surface area (Å²) < 4.78 is 25.0. The summed E-state index contributed by atoms with van der Waals surface area (Å²) in [5, 5.41) is 10.1. The van der Waals surface area contributed by atoms with Gasteiger partial charge in [0.05, 0.1) is 11.0 Å². The molecule has 1 aromatic carbocycles. The van der Waals surface area contributed by atoms with Gasteiger partial charge in [0, 0.05) is 6.07 Å². The first-order valence-electron chi connectivity index (χ1n) is 2.85. The van der Waals surface area contributed by atoms with Crippen LogP contribution >= 0.6 is 12.6 Å². The molecule has 1 aromatic rings. The van der Waals surface area contributed by atoms with Crippen LogP contribution in [0, 0.1) is 21.7 Å².